The summed E-state index contributed by atoms with van der Waals surface area (Å²) in [5, 5.41) is 9.09. The molecular weight excluding hydrogens is 205 g/mol. The van der Waals surface area contributed by atoms with Gasteiger partial charge in [-0.05, 0) is 6.07 Å². The van der Waals surface area contributed by atoms with Crippen LogP contribution in [-0.2, 0) is 6.61 Å². The summed E-state index contributed by atoms with van der Waals surface area (Å²) < 4.78 is 13.6. The monoisotopic (exact) mass is 217 g/mol. The van der Waals surface area contributed by atoms with Crippen LogP contribution in [0.15, 0.2) is 42.5 Å². The number of nitrogens with two attached hydrogens (primary N) is 1. The van der Waals surface area contributed by atoms with Crippen LogP contribution in [0.5, 0.6) is 0 Å². The molecule has 16 heavy (non-hydrogen) atoms. The van der Waals surface area contributed by atoms with Crippen LogP contribution in [0, 0.1) is 5.82 Å². The zero-order chi connectivity index (χ0) is 11.5. The maximum absolute atomic E-state index is 13.6. The maximum atomic E-state index is 13.6. The topological polar surface area (TPSA) is 46.2 Å². The van der Waals surface area contributed by atoms with Crippen LogP contribution < -0.4 is 5.73 Å². The Kier molecular flexibility index (Phi) is 2.88. The molecular formula is C13H12FNO. The third-order valence-electron chi connectivity index (χ3n) is 2.53. The molecule has 0 unspecified atom stereocenters. The van der Waals surface area contributed by atoms with E-state index in [2.05, 4.69) is 0 Å². The lowest BCUT2D eigenvalue weighted by Crippen LogP contribution is -1.97. The zero-order valence-corrected chi connectivity index (χ0v) is 8.65. The summed E-state index contributed by atoms with van der Waals surface area (Å²) in [6.45, 7) is -0.145. The van der Waals surface area contributed by atoms with Gasteiger partial charge in [0.1, 0.15) is 5.82 Å². The second kappa shape index (κ2) is 4.33. The summed E-state index contributed by atoms with van der Waals surface area (Å²) in [5.41, 5.74) is 7.98. The first-order chi connectivity index (χ1) is 7.74. The first kappa shape index (κ1) is 10.6. The number of benzene rings is 2. The minimum atomic E-state index is -0.315. The molecule has 82 valence electrons. The van der Waals surface area contributed by atoms with Gasteiger partial charge in [-0.1, -0.05) is 36.4 Å². The van der Waals surface area contributed by atoms with Crippen molar-refractivity contribution in [2.75, 3.05) is 5.73 Å². The first-order valence-corrected chi connectivity index (χ1v) is 4.97. The van der Waals surface area contributed by atoms with Crippen molar-refractivity contribution >= 4 is 5.69 Å². The van der Waals surface area contributed by atoms with E-state index >= 15 is 0 Å². The molecule has 0 saturated carbocycles. The van der Waals surface area contributed by atoms with Crippen LogP contribution in [0.2, 0.25) is 0 Å². The Hall–Kier alpha value is -1.87. The third kappa shape index (κ3) is 1.77. The molecule has 0 aliphatic heterocycles. The fraction of sp³-hybridized carbons (Fsp3) is 0.0769. The van der Waals surface area contributed by atoms with E-state index < -0.39 is 0 Å². The average molecular weight is 217 g/mol. The summed E-state index contributed by atoms with van der Waals surface area (Å²) >= 11 is 0. The van der Waals surface area contributed by atoms with E-state index in [1.54, 1.807) is 36.4 Å². The number of hydrogen-bond acceptors (Lipinski definition) is 2. The highest BCUT2D eigenvalue weighted by molar-refractivity contribution is 5.78. The summed E-state index contributed by atoms with van der Waals surface area (Å²) in [6.07, 6.45) is 0. The van der Waals surface area contributed by atoms with Crippen LogP contribution in [0.4, 0.5) is 10.1 Å². The van der Waals surface area contributed by atoms with Crippen molar-refractivity contribution in [2.45, 2.75) is 6.61 Å². The van der Waals surface area contributed by atoms with Gasteiger partial charge in [0, 0.05) is 22.4 Å². The van der Waals surface area contributed by atoms with Gasteiger partial charge >= 0.3 is 0 Å². The van der Waals surface area contributed by atoms with E-state index in [-0.39, 0.29) is 12.4 Å². The lowest BCUT2D eigenvalue weighted by atomic mass is 10.0. The van der Waals surface area contributed by atoms with Crippen LogP contribution in [-0.4, -0.2) is 5.11 Å². The predicted octanol–water partition coefficient (Wildman–Crippen LogP) is 2.57. The van der Waals surface area contributed by atoms with Crippen molar-refractivity contribution in [1.29, 1.82) is 0 Å². The van der Waals surface area contributed by atoms with Crippen LogP contribution >= 0.6 is 0 Å². The predicted molar refractivity (Wildman–Crippen MR) is 62.2 cm³/mol. The molecule has 0 radical (unpaired) electrons. The minimum Gasteiger partial charge on any atom is -0.398 e. The summed E-state index contributed by atoms with van der Waals surface area (Å²) in [6, 6.07) is 11.7. The second-order valence-electron chi connectivity index (χ2n) is 3.52. The van der Waals surface area contributed by atoms with E-state index in [9.17, 15) is 4.39 Å². The number of nitrogen functional groups attached to an aromatic ring is 1. The Labute approximate surface area is 93.2 Å². The van der Waals surface area contributed by atoms with Gasteiger partial charge in [-0.3, -0.25) is 0 Å². The number of aliphatic hydroxyl groups excluding tert-OH is 1. The van der Waals surface area contributed by atoms with Crippen molar-refractivity contribution in [1.82, 2.24) is 0 Å². The van der Waals surface area contributed by atoms with Crippen LogP contribution in [0.25, 0.3) is 11.1 Å². The molecule has 0 fully saturated rings. The number of anilines is 1. The lowest BCUT2D eigenvalue weighted by Gasteiger charge is -2.10. The quantitative estimate of drug-likeness (QED) is 0.759. The largest absolute Gasteiger partial charge is 0.398 e. The Morgan fingerprint density at radius 2 is 1.69 bits per heavy atom. The van der Waals surface area contributed by atoms with Crippen molar-refractivity contribution in [3.8, 4) is 11.1 Å². The van der Waals surface area contributed by atoms with Gasteiger partial charge in [-0.25, -0.2) is 4.39 Å². The van der Waals surface area contributed by atoms with Crippen LogP contribution in [0.1, 0.15) is 5.56 Å². The van der Waals surface area contributed by atoms with E-state index in [1.165, 1.54) is 6.07 Å². The molecule has 0 amide bonds. The van der Waals surface area contributed by atoms with Gasteiger partial charge in [-0.2, -0.15) is 0 Å². The SMILES string of the molecule is Nc1c(CO)cccc1-c1ccccc1F. The molecule has 0 aromatic heterocycles. The van der Waals surface area contributed by atoms with Crippen molar-refractivity contribution in [3.63, 3.8) is 0 Å². The van der Waals surface area contributed by atoms with Gasteiger partial charge in [-0.15, -0.1) is 0 Å². The van der Waals surface area contributed by atoms with Crippen molar-refractivity contribution in [3.05, 3.63) is 53.8 Å². The summed E-state index contributed by atoms with van der Waals surface area (Å²) in [5.74, 6) is -0.315. The fourth-order valence-electron chi connectivity index (χ4n) is 1.67. The minimum absolute atomic E-state index is 0.145. The van der Waals surface area contributed by atoms with Gasteiger partial charge in [0.05, 0.1) is 6.61 Å². The number of hydrogen-bond donors (Lipinski definition) is 2. The molecule has 3 N–H and O–H groups in total. The highest BCUT2D eigenvalue weighted by atomic mass is 19.1. The molecule has 0 saturated heterocycles. The van der Waals surface area contributed by atoms with Crippen LogP contribution in [0.3, 0.4) is 0 Å². The zero-order valence-electron chi connectivity index (χ0n) is 8.65. The average Bonchev–Trinajstić information content (AvgIpc) is 2.31. The molecule has 0 aliphatic rings. The van der Waals surface area contributed by atoms with Crippen molar-refractivity contribution in [2.24, 2.45) is 0 Å². The Morgan fingerprint density at radius 3 is 2.38 bits per heavy atom. The number of halogens is 1. The molecule has 0 atom stereocenters. The highest BCUT2D eigenvalue weighted by Crippen LogP contribution is 2.30. The Balaban J connectivity index is 2.61. The van der Waals surface area contributed by atoms with E-state index in [4.69, 9.17) is 10.8 Å². The van der Waals surface area contributed by atoms with E-state index in [0.717, 1.165) is 0 Å². The van der Waals surface area contributed by atoms with E-state index in [1.807, 2.05) is 0 Å². The highest BCUT2D eigenvalue weighted by Gasteiger charge is 2.09. The third-order valence-corrected chi connectivity index (χ3v) is 2.53. The smallest absolute Gasteiger partial charge is 0.131 e. The van der Waals surface area contributed by atoms with Crippen molar-refractivity contribution < 1.29 is 9.50 Å². The number of para-hydroxylation sites is 1. The standard InChI is InChI=1S/C13H12FNO/c14-12-7-2-1-5-10(12)11-6-3-4-9(8-16)13(11)15/h1-7,16H,8,15H2. The molecule has 2 aromatic rings. The molecule has 0 bridgehead atoms. The molecule has 2 aromatic carbocycles. The lowest BCUT2D eigenvalue weighted by molar-refractivity contribution is 0.282. The summed E-state index contributed by atoms with van der Waals surface area (Å²) in [7, 11) is 0. The molecule has 0 heterocycles. The normalized spacial score (nSPS) is 10.4. The van der Waals surface area contributed by atoms with Gasteiger partial charge in [0.2, 0.25) is 0 Å². The Morgan fingerprint density at radius 1 is 1.00 bits per heavy atom. The molecule has 2 rings (SSSR count). The second-order valence-corrected chi connectivity index (χ2v) is 3.52. The molecule has 0 aliphatic carbocycles. The summed E-state index contributed by atoms with van der Waals surface area (Å²) in [4.78, 5) is 0. The first-order valence-electron chi connectivity index (χ1n) is 4.97. The molecule has 0 spiro atoms. The maximum Gasteiger partial charge on any atom is 0.131 e. The molecule has 3 heteroatoms. The number of aliphatic hydroxyl groups is 1. The molecule has 2 nitrogen and oxygen atoms in total. The van der Waals surface area contributed by atoms with Gasteiger partial charge < -0.3 is 10.8 Å². The number of rotatable bonds is 2. The fourth-order valence-corrected chi connectivity index (χ4v) is 1.67. The van der Waals surface area contributed by atoms with Gasteiger partial charge in [0.15, 0.2) is 0 Å². The van der Waals surface area contributed by atoms with E-state index in [0.29, 0.717) is 22.4 Å². The Bertz CT molecular complexity index is 511. The van der Waals surface area contributed by atoms with Gasteiger partial charge in [0.25, 0.3) is 0 Å².